The van der Waals surface area contributed by atoms with Crippen LogP contribution in [-0.4, -0.2) is 32.5 Å². The van der Waals surface area contributed by atoms with Gasteiger partial charge in [-0.05, 0) is 13.8 Å². The standard InChI is InChI=1S/C13H17NO4/c1-9(2)18-13(15)8-14-10-5-11(16-3)7-12(6-10)17-4/h5-9H,1-4H3. The zero-order valence-electron chi connectivity index (χ0n) is 11.0. The third-order valence-electron chi connectivity index (χ3n) is 2.01. The maximum absolute atomic E-state index is 11.3. The number of benzene rings is 1. The second-order valence-electron chi connectivity index (χ2n) is 3.81. The number of hydrogen-bond acceptors (Lipinski definition) is 5. The summed E-state index contributed by atoms with van der Waals surface area (Å²) in [5, 5.41) is 0. The van der Waals surface area contributed by atoms with E-state index in [4.69, 9.17) is 14.2 Å². The lowest BCUT2D eigenvalue weighted by atomic mass is 10.3. The molecule has 0 atom stereocenters. The molecule has 1 aromatic rings. The van der Waals surface area contributed by atoms with Crippen LogP contribution in [0.4, 0.5) is 5.69 Å². The van der Waals surface area contributed by atoms with E-state index in [-0.39, 0.29) is 6.10 Å². The fourth-order valence-corrected chi connectivity index (χ4v) is 1.26. The van der Waals surface area contributed by atoms with Gasteiger partial charge in [-0.2, -0.15) is 0 Å². The van der Waals surface area contributed by atoms with E-state index in [9.17, 15) is 4.79 Å². The Labute approximate surface area is 106 Å². The van der Waals surface area contributed by atoms with E-state index >= 15 is 0 Å². The molecule has 0 unspecified atom stereocenters. The van der Waals surface area contributed by atoms with Crippen molar-refractivity contribution in [1.29, 1.82) is 0 Å². The number of ether oxygens (including phenoxy) is 3. The van der Waals surface area contributed by atoms with E-state index in [1.165, 1.54) is 0 Å². The van der Waals surface area contributed by atoms with Gasteiger partial charge in [-0.25, -0.2) is 9.79 Å². The van der Waals surface area contributed by atoms with Crippen molar-refractivity contribution in [2.45, 2.75) is 20.0 Å². The summed E-state index contributed by atoms with van der Waals surface area (Å²) in [5.74, 6) is 0.740. The van der Waals surface area contributed by atoms with E-state index in [0.717, 1.165) is 6.21 Å². The predicted molar refractivity (Wildman–Crippen MR) is 68.9 cm³/mol. The maximum atomic E-state index is 11.3. The summed E-state index contributed by atoms with van der Waals surface area (Å²) in [6, 6.07) is 5.12. The molecule has 0 aliphatic carbocycles. The Bertz CT molecular complexity index is 418. The van der Waals surface area contributed by atoms with Gasteiger partial charge in [0.05, 0.1) is 26.0 Å². The number of carbonyl (C=O) groups excluding carboxylic acids is 1. The molecule has 0 aliphatic rings. The minimum absolute atomic E-state index is 0.163. The van der Waals surface area contributed by atoms with Crippen LogP contribution in [0.1, 0.15) is 13.8 Å². The van der Waals surface area contributed by atoms with Gasteiger partial charge in [0.1, 0.15) is 17.7 Å². The number of methoxy groups -OCH3 is 2. The number of nitrogens with zero attached hydrogens (tertiary/aromatic N) is 1. The topological polar surface area (TPSA) is 57.1 Å². The number of rotatable bonds is 5. The highest BCUT2D eigenvalue weighted by Crippen LogP contribution is 2.27. The third kappa shape index (κ3) is 4.45. The number of esters is 1. The smallest absolute Gasteiger partial charge is 0.349 e. The highest BCUT2D eigenvalue weighted by molar-refractivity contribution is 6.23. The van der Waals surface area contributed by atoms with E-state index in [1.54, 1.807) is 46.3 Å². The summed E-state index contributed by atoms with van der Waals surface area (Å²) >= 11 is 0. The van der Waals surface area contributed by atoms with Crippen molar-refractivity contribution in [3.05, 3.63) is 18.2 Å². The van der Waals surface area contributed by atoms with Crippen molar-refractivity contribution in [2.75, 3.05) is 14.2 Å². The van der Waals surface area contributed by atoms with Gasteiger partial charge >= 0.3 is 5.97 Å². The highest BCUT2D eigenvalue weighted by atomic mass is 16.5. The Morgan fingerprint density at radius 2 is 1.72 bits per heavy atom. The minimum atomic E-state index is -0.480. The van der Waals surface area contributed by atoms with Crippen LogP contribution in [0.25, 0.3) is 0 Å². The van der Waals surface area contributed by atoms with Crippen molar-refractivity contribution in [2.24, 2.45) is 4.99 Å². The quantitative estimate of drug-likeness (QED) is 0.595. The van der Waals surface area contributed by atoms with Crippen LogP contribution in [0, 0.1) is 0 Å². The monoisotopic (exact) mass is 251 g/mol. The average Bonchev–Trinajstić information content (AvgIpc) is 2.35. The summed E-state index contributed by atoms with van der Waals surface area (Å²) in [6.45, 7) is 3.56. The zero-order valence-corrected chi connectivity index (χ0v) is 11.0. The Hall–Kier alpha value is -2.04. The van der Waals surface area contributed by atoms with Crippen molar-refractivity contribution in [1.82, 2.24) is 0 Å². The van der Waals surface area contributed by atoms with Gasteiger partial charge in [0.25, 0.3) is 0 Å². The molecule has 1 rings (SSSR count). The molecule has 0 spiro atoms. The summed E-state index contributed by atoms with van der Waals surface area (Å²) < 4.78 is 15.1. The first kappa shape index (κ1) is 14.0. The molecule has 1 aromatic carbocycles. The second kappa shape index (κ2) is 6.64. The lowest BCUT2D eigenvalue weighted by Gasteiger charge is -2.06. The Kier molecular flexibility index (Phi) is 5.17. The Balaban J connectivity index is 2.83. The largest absolute Gasteiger partial charge is 0.497 e. The summed E-state index contributed by atoms with van der Waals surface area (Å²) in [7, 11) is 3.10. The molecule has 0 aliphatic heterocycles. The van der Waals surface area contributed by atoms with Gasteiger partial charge in [0.15, 0.2) is 0 Å². The summed E-state index contributed by atoms with van der Waals surface area (Å²) in [5.41, 5.74) is 0.562. The normalized spacial score (nSPS) is 10.7. The van der Waals surface area contributed by atoms with E-state index in [0.29, 0.717) is 17.2 Å². The molecule has 5 nitrogen and oxygen atoms in total. The van der Waals surface area contributed by atoms with Crippen LogP contribution in [-0.2, 0) is 9.53 Å². The predicted octanol–water partition coefficient (Wildman–Crippen LogP) is 2.36. The number of carbonyl (C=O) groups is 1. The first-order valence-corrected chi connectivity index (χ1v) is 5.53. The van der Waals surface area contributed by atoms with E-state index in [1.807, 2.05) is 0 Å². The van der Waals surface area contributed by atoms with Crippen molar-refractivity contribution in [3.8, 4) is 11.5 Å². The van der Waals surface area contributed by atoms with Gasteiger partial charge in [-0.3, -0.25) is 0 Å². The molecule has 98 valence electrons. The van der Waals surface area contributed by atoms with Gasteiger partial charge in [0.2, 0.25) is 0 Å². The fourth-order valence-electron chi connectivity index (χ4n) is 1.26. The minimum Gasteiger partial charge on any atom is -0.497 e. The fraction of sp³-hybridized carbons (Fsp3) is 0.385. The van der Waals surface area contributed by atoms with Crippen LogP contribution >= 0.6 is 0 Å². The molecular formula is C13H17NO4. The third-order valence-corrected chi connectivity index (χ3v) is 2.01. The molecule has 0 N–H and O–H groups in total. The van der Waals surface area contributed by atoms with Gasteiger partial charge < -0.3 is 14.2 Å². The van der Waals surface area contributed by atoms with Crippen molar-refractivity contribution >= 4 is 17.9 Å². The SMILES string of the molecule is COc1cc(N=CC(=O)OC(C)C)cc(OC)c1. The van der Waals surface area contributed by atoms with E-state index < -0.39 is 5.97 Å². The lowest BCUT2D eigenvalue weighted by Crippen LogP contribution is -2.11. The molecule has 0 heterocycles. The van der Waals surface area contributed by atoms with Crippen molar-refractivity contribution in [3.63, 3.8) is 0 Å². The Morgan fingerprint density at radius 3 is 2.17 bits per heavy atom. The van der Waals surface area contributed by atoms with E-state index in [2.05, 4.69) is 4.99 Å². The van der Waals surface area contributed by atoms with Crippen LogP contribution in [0.3, 0.4) is 0 Å². The van der Waals surface area contributed by atoms with Crippen LogP contribution in [0.2, 0.25) is 0 Å². The molecule has 0 saturated carbocycles. The van der Waals surface area contributed by atoms with Gasteiger partial charge in [-0.15, -0.1) is 0 Å². The molecule has 0 aromatic heterocycles. The van der Waals surface area contributed by atoms with Gasteiger partial charge in [0, 0.05) is 18.2 Å². The zero-order chi connectivity index (χ0) is 13.5. The molecular weight excluding hydrogens is 234 g/mol. The lowest BCUT2D eigenvalue weighted by molar-refractivity contribution is -0.138. The number of aliphatic imine (C=N–C) groups is 1. The summed E-state index contributed by atoms with van der Waals surface area (Å²) in [4.78, 5) is 15.3. The van der Waals surface area contributed by atoms with Crippen LogP contribution in [0.5, 0.6) is 11.5 Å². The average molecular weight is 251 g/mol. The van der Waals surface area contributed by atoms with Gasteiger partial charge in [-0.1, -0.05) is 0 Å². The maximum Gasteiger partial charge on any atom is 0.349 e. The second-order valence-corrected chi connectivity index (χ2v) is 3.81. The summed E-state index contributed by atoms with van der Waals surface area (Å²) in [6.07, 6.45) is 0.970. The molecule has 0 bridgehead atoms. The highest BCUT2D eigenvalue weighted by Gasteiger charge is 2.03. The molecule has 0 saturated heterocycles. The molecule has 0 radical (unpaired) electrons. The first-order valence-electron chi connectivity index (χ1n) is 5.53. The molecule has 0 fully saturated rings. The van der Waals surface area contributed by atoms with Crippen molar-refractivity contribution < 1.29 is 19.0 Å². The molecule has 18 heavy (non-hydrogen) atoms. The van der Waals surface area contributed by atoms with Crippen LogP contribution < -0.4 is 9.47 Å². The molecule has 5 heteroatoms. The Morgan fingerprint density at radius 1 is 1.17 bits per heavy atom. The molecule has 0 amide bonds. The number of hydrogen-bond donors (Lipinski definition) is 0. The van der Waals surface area contributed by atoms with Crippen LogP contribution in [0.15, 0.2) is 23.2 Å². The first-order chi connectivity index (χ1) is 8.55.